The number of hydrogen-bond acceptors (Lipinski definition) is 5. The van der Waals surface area contributed by atoms with E-state index in [1.165, 1.54) is 27.6 Å². The fraction of sp³-hybridized carbons (Fsp3) is 0.348. The molecular formula is C23H25Cl2N3O2S2. The minimum Gasteiger partial charge on any atom is -0.348 e. The van der Waals surface area contributed by atoms with Crippen LogP contribution >= 0.6 is 35.0 Å². The average molecular weight is 511 g/mol. The topological polar surface area (TPSA) is 53.0 Å². The predicted octanol–water partition coefficient (Wildman–Crippen LogP) is 5.23. The van der Waals surface area contributed by atoms with Crippen LogP contribution in [0, 0.1) is 6.92 Å². The lowest BCUT2D eigenvalue weighted by Crippen LogP contribution is -2.55. The molecule has 0 aromatic heterocycles. The van der Waals surface area contributed by atoms with Gasteiger partial charge in [0.05, 0.1) is 5.02 Å². The summed E-state index contributed by atoms with van der Waals surface area (Å²) in [5.74, 6) is 0.866. The first-order valence-corrected chi connectivity index (χ1v) is 13.6. The first kappa shape index (κ1) is 23.6. The highest BCUT2D eigenvalue weighted by molar-refractivity contribution is 8.13. The number of sulfonamides is 1. The molecule has 1 fully saturated rings. The molecule has 0 N–H and O–H groups in total. The van der Waals surface area contributed by atoms with Gasteiger partial charge in [-0.3, -0.25) is 0 Å². The highest BCUT2D eigenvalue weighted by atomic mass is 35.5. The van der Waals surface area contributed by atoms with Gasteiger partial charge < -0.3 is 4.90 Å². The van der Waals surface area contributed by atoms with Crippen molar-refractivity contribution in [2.75, 3.05) is 25.4 Å². The number of thioether (sulfide) groups is 1. The smallest absolute Gasteiger partial charge is 0.244 e. The fourth-order valence-corrected chi connectivity index (χ4v) is 7.18. The van der Waals surface area contributed by atoms with E-state index in [1.54, 1.807) is 17.8 Å². The average Bonchev–Trinajstić information content (AvgIpc) is 2.77. The van der Waals surface area contributed by atoms with Crippen LogP contribution in [0.1, 0.15) is 18.1 Å². The molecule has 0 saturated carbocycles. The zero-order valence-electron chi connectivity index (χ0n) is 18.0. The molecule has 0 spiro atoms. The quantitative estimate of drug-likeness (QED) is 0.566. The molecule has 5 nitrogen and oxygen atoms in total. The van der Waals surface area contributed by atoms with Gasteiger partial charge in [0, 0.05) is 48.6 Å². The number of piperazine rings is 1. The lowest BCUT2D eigenvalue weighted by atomic mass is 10.1. The summed E-state index contributed by atoms with van der Waals surface area (Å²) in [6.07, 6.45) is 2.96. The fourth-order valence-electron chi connectivity index (χ4n) is 3.87. The highest BCUT2D eigenvalue weighted by Crippen LogP contribution is 2.31. The number of hydrogen-bond donors (Lipinski definition) is 0. The van der Waals surface area contributed by atoms with Crippen molar-refractivity contribution in [3.8, 4) is 0 Å². The molecule has 2 aromatic rings. The number of rotatable bonds is 4. The Kier molecular flexibility index (Phi) is 7.22. The molecule has 2 heterocycles. The van der Waals surface area contributed by atoms with Crippen molar-refractivity contribution in [1.82, 2.24) is 9.21 Å². The van der Waals surface area contributed by atoms with Gasteiger partial charge in [0.15, 0.2) is 5.17 Å². The molecule has 0 amide bonds. The molecule has 0 bridgehead atoms. The molecule has 2 aliphatic heterocycles. The number of aryl methyl sites for hydroxylation is 1. The van der Waals surface area contributed by atoms with E-state index < -0.39 is 10.0 Å². The zero-order chi connectivity index (χ0) is 22.9. The van der Waals surface area contributed by atoms with Crippen LogP contribution in [0.2, 0.25) is 10.0 Å². The van der Waals surface area contributed by atoms with Crippen LogP contribution in [-0.2, 0) is 16.4 Å². The van der Waals surface area contributed by atoms with Gasteiger partial charge in [-0.25, -0.2) is 13.4 Å². The maximum atomic E-state index is 13.3. The molecular weight excluding hydrogens is 485 g/mol. The highest BCUT2D eigenvalue weighted by Gasteiger charge is 2.36. The second-order valence-corrected chi connectivity index (χ2v) is 11.7. The summed E-state index contributed by atoms with van der Waals surface area (Å²) < 4.78 is 28.0. The Morgan fingerprint density at radius 1 is 1.12 bits per heavy atom. The summed E-state index contributed by atoms with van der Waals surface area (Å²) >= 11 is 13.9. The monoisotopic (exact) mass is 509 g/mol. The predicted molar refractivity (Wildman–Crippen MR) is 134 cm³/mol. The van der Waals surface area contributed by atoms with Gasteiger partial charge in [-0.05, 0) is 37.6 Å². The van der Waals surface area contributed by atoms with Crippen molar-refractivity contribution < 1.29 is 8.42 Å². The molecule has 9 heteroatoms. The Morgan fingerprint density at radius 2 is 1.88 bits per heavy atom. The van der Waals surface area contributed by atoms with Crippen molar-refractivity contribution in [2.24, 2.45) is 4.99 Å². The van der Waals surface area contributed by atoms with Crippen molar-refractivity contribution in [3.05, 3.63) is 75.4 Å². The third kappa shape index (κ3) is 5.18. The molecule has 4 rings (SSSR count). The Balaban J connectivity index is 1.47. The summed E-state index contributed by atoms with van der Waals surface area (Å²) in [5.41, 5.74) is 3.53. The third-order valence-corrected chi connectivity index (χ3v) is 9.26. The maximum Gasteiger partial charge on any atom is 0.244 e. The molecule has 32 heavy (non-hydrogen) atoms. The van der Waals surface area contributed by atoms with Crippen LogP contribution in [0.3, 0.4) is 0 Å². The van der Waals surface area contributed by atoms with Gasteiger partial charge in [-0.15, -0.1) is 0 Å². The SMILES string of the molecule is Cc1ccc(CC2=CCSC(N3CCN(S(=O)(=O)c4cc(Cl)ccc4Cl)C(C)C3)=N2)cc1. The minimum absolute atomic E-state index is 0.0552. The van der Waals surface area contributed by atoms with Crippen molar-refractivity contribution >= 4 is 50.2 Å². The molecule has 2 aromatic carbocycles. The number of allylic oxidation sites excluding steroid dienone is 1. The zero-order valence-corrected chi connectivity index (χ0v) is 21.1. The van der Waals surface area contributed by atoms with Gasteiger partial charge in [-0.2, -0.15) is 4.31 Å². The van der Waals surface area contributed by atoms with Gasteiger partial charge >= 0.3 is 0 Å². The summed E-state index contributed by atoms with van der Waals surface area (Å²) in [7, 11) is -3.74. The first-order chi connectivity index (χ1) is 15.2. The van der Waals surface area contributed by atoms with Gasteiger partial charge in [0.1, 0.15) is 4.90 Å². The van der Waals surface area contributed by atoms with Crippen molar-refractivity contribution in [1.29, 1.82) is 0 Å². The van der Waals surface area contributed by atoms with Gasteiger partial charge in [0.2, 0.25) is 10.0 Å². The summed E-state index contributed by atoms with van der Waals surface area (Å²) in [4.78, 5) is 7.13. The number of nitrogens with zero attached hydrogens (tertiary/aromatic N) is 3. The van der Waals surface area contributed by atoms with Gasteiger partial charge in [0.25, 0.3) is 0 Å². The van der Waals surface area contributed by atoms with Crippen LogP contribution < -0.4 is 0 Å². The standard InChI is InChI=1S/C23H25Cl2N3O2S2/c1-16-3-5-18(6-4-16)13-20-9-12-31-23(26-20)27-10-11-28(17(2)15-27)32(29,30)22-14-19(24)7-8-21(22)25/h3-9,14,17H,10-13,15H2,1-2H3. The second-order valence-electron chi connectivity index (χ2n) is 8.05. The van der Waals surface area contributed by atoms with E-state index in [9.17, 15) is 8.42 Å². The first-order valence-electron chi connectivity index (χ1n) is 10.4. The number of halogens is 2. The second kappa shape index (κ2) is 9.77. The minimum atomic E-state index is -3.74. The van der Waals surface area contributed by atoms with E-state index in [0.29, 0.717) is 24.7 Å². The normalized spacial score (nSPS) is 20.1. The Labute approximate surface area is 204 Å². The summed E-state index contributed by atoms with van der Waals surface area (Å²) in [6, 6.07) is 12.8. The van der Waals surface area contributed by atoms with E-state index in [0.717, 1.165) is 23.0 Å². The molecule has 1 saturated heterocycles. The van der Waals surface area contributed by atoms with E-state index in [-0.39, 0.29) is 16.0 Å². The number of benzene rings is 2. The molecule has 170 valence electrons. The molecule has 0 aliphatic carbocycles. The lowest BCUT2D eigenvalue weighted by molar-refractivity contribution is 0.208. The van der Waals surface area contributed by atoms with Crippen molar-refractivity contribution in [2.45, 2.75) is 31.2 Å². The van der Waals surface area contributed by atoms with E-state index in [2.05, 4.69) is 42.2 Å². The van der Waals surface area contributed by atoms with Crippen LogP contribution in [0.25, 0.3) is 0 Å². The Morgan fingerprint density at radius 3 is 2.59 bits per heavy atom. The number of aliphatic imine (C=N–C) groups is 1. The molecule has 1 atom stereocenters. The summed E-state index contributed by atoms with van der Waals surface area (Å²) in [5, 5.41) is 1.49. The van der Waals surface area contributed by atoms with E-state index in [4.69, 9.17) is 28.2 Å². The Bertz CT molecular complexity index is 1160. The third-order valence-electron chi connectivity index (χ3n) is 5.59. The number of amidine groups is 1. The van der Waals surface area contributed by atoms with E-state index in [1.807, 2.05) is 6.92 Å². The van der Waals surface area contributed by atoms with Crippen LogP contribution in [0.4, 0.5) is 0 Å². The molecule has 0 radical (unpaired) electrons. The molecule has 2 aliphatic rings. The lowest BCUT2D eigenvalue weighted by Gasteiger charge is -2.40. The van der Waals surface area contributed by atoms with E-state index >= 15 is 0 Å². The van der Waals surface area contributed by atoms with Crippen LogP contribution in [0.5, 0.6) is 0 Å². The van der Waals surface area contributed by atoms with Crippen LogP contribution in [-0.4, -0.2) is 54.2 Å². The summed E-state index contributed by atoms with van der Waals surface area (Å²) in [6.45, 7) is 5.51. The maximum absolute atomic E-state index is 13.3. The molecule has 1 unspecified atom stereocenters. The van der Waals surface area contributed by atoms with Gasteiger partial charge in [-0.1, -0.05) is 70.9 Å². The van der Waals surface area contributed by atoms with Crippen LogP contribution in [0.15, 0.2) is 64.1 Å². The largest absolute Gasteiger partial charge is 0.348 e. The van der Waals surface area contributed by atoms with Crippen molar-refractivity contribution in [3.63, 3.8) is 0 Å². The Hall–Kier alpha value is -1.51.